The maximum atomic E-state index is 12.3. The molecule has 3 aromatic heterocycles. The summed E-state index contributed by atoms with van der Waals surface area (Å²) in [7, 11) is 0. The smallest absolute Gasteiger partial charge is 0.255 e. The van der Waals surface area contributed by atoms with E-state index in [0.717, 1.165) is 21.9 Å². The van der Waals surface area contributed by atoms with Crippen molar-refractivity contribution in [2.24, 2.45) is 0 Å². The molecule has 0 atom stereocenters. The molecule has 0 aliphatic heterocycles. The number of terminal acetylenes is 1. The maximum absolute atomic E-state index is 12.3. The molecule has 142 valence electrons. The van der Waals surface area contributed by atoms with Crippen LogP contribution in [0.25, 0.3) is 11.4 Å². The molecule has 0 aliphatic rings. The Morgan fingerprint density at radius 3 is 2.59 bits per heavy atom. The molecule has 4 aromatic rings. The molecule has 4 rings (SSSR count). The van der Waals surface area contributed by atoms with E-state index >= 15 is 0 Å². The number of hydrogen-bond acceptors (Lipinski definition) is 4. The van der Waals surface area contributed by atoms with Crippen molar-refractivity contribution in [2.45, 2.75) is 12.8 Å². The highest BCUT2D eigenvalue weighted by molar-refractivity contribution is 7.14. The minimum atomic E-state index is -0.0741. The molecule has 3 heterocycles. The van der Waals surface area contributed by atoms with E-state index in [4.69, 9.17) is 6.42 Å². The van der Waals surface area contributed by atoms with Crippen LogP contribution in [0.2, 0.25) is 0 Å². The monoisotopic (exact) mass is 399 g/mol. The maximum Gasteiger partial charge on any atom is 0.255 e. The van der Waals surface area contributed by atoms with E-state index < -0.39 is 0 Å². The number of ketones is 1. The highest BCUT2D eigenvalue weighted by Crippen LogP contribution is 2.18. The Bertz CT molecular complexity index is 1260. The summed E-state index contributed by atoms with van der Waals surface area (Å²) < 4.78 is 3.49. The molecule has 5 nitrogen and oxygen atoms in total. The van der Waals surface area contributed by atoms with E-state index in [9.17, 15) is 9.59 Å². The Morgan fingerprint density at radius 2 is 1.86 bits per heavy atom. The molecule has 0 aliphatic carbocycles. The van der Waals surface area contributed by atoms with Crippen LogP contribution in [0, 0.1) is 12.3 Å². The molecular weight excluding hydrogens is 382 g/mol. The van der Waals surface area contributed by atoms with Crippen LogP contribution < -0.4 is 5.56 Å². The molecule has 0 radical (unpaired) electrons. The number of aryl methyl sites for hydroxylation is 1. The van der Waals surface area contributed by atoms with Crippen molar-refractivity contribution in [1.29, 1.82) is 0 Å². The zero-order chi connectivity index (χ0) is 20.2. The molecule has 0 saturated heterocycles. The molecule has 0 N–H and O–H groups in total. The molecule has 0 unspecified atom stereocenters. The summed E-state index contributed by atoms with van der Waals surface area (Å²) in [6, 6.07) is 16.3. The average molecular weight is 399 g/mol. The third-order valence-electron chi connectivity index (χ3n) is 4.52. The number of Topliss-reactive ketones (excluding diaryl/α,β-unsaturated/α-hetero) is 1. The first-order chi connectivity index (χ1) is 14.1. The number of benzene rings is 1. The molecule has 0 amide bonds. The fourth-order valence-electron chi connectivity index (χ4n) is 2.99. The number of aromatic nitrogens is 3. The normalized spacial score (nSPS) is 10.6. The van der Waals surface area contributed by atoms with Crippen molar-refractivity contribution in [1.82, 2.24) is 14.1 Å². The van der Waals surface area contributed by atoms with Gasteiger partial charge < -0.3 is 4.57 Å². The van der Waals surface area contributed by atoms with E-state index in [1.165, 1.54) is 17.4 Å². The summed E-state index contributed by atoms with van der Waals surface area (Å²) in [5.74, 6) is 2.62. The van der Waals surface area contributed by atoms with Crippen molar-refractivity contribution in [3.8, 4) is 23.7 Å². The zero-order valence-corrected chi connectivity index (χ0v) is 16.3. The largest absolute Gasteiger partial charge is 0.306 e. The number of carbonyl (C=O) groups is 1. The van der Waals surface area contributed by atoms with Gasteiger partial charge in [0.2, 0.25) is 0 Å². The van der Waals surface area contributed by atoms with Crippen molar-refractivity contribution < 1.29 is 4.79 Å². The van der Waals surface area contributed by atoms with E-state index in [1.54, 1.807) is 35.3 Å². The number of imidazole rings is 1. The molecule has 0 saturated carbocycles. The van der Waals surface area contributed by atoms with Gasteiger partial charge in [0.1, 0.15) is 0 Å². The third kappa shape index (κ3) is 4.10. The summed E-state index contributed by atoms with van der Waals surface area (Å²) in [4.78, 5) is 30.1. The predicted octanol–water partition coefficient (Wildman–Crippen LogP) is 3.88. The first-order valence-electron chi connectivity index (χ1n) is 9.05. The van der Waals surface area contributed by atoms with Crippen LogP contribution in [0.5, 0.6) is 0 Å². The summed E-state index contributed by atoms with van der Waals surface area (Å²) in [6.45, 7) is 0. The Morgan fingerprint density at radius 1 is 1.07 bits per heavy atom. The Balaban J connectivity index is 1.43. The Kier molecular flexibility index (Phi) is 5.23. The topological polar surface area (TPSA) is 56.9 Å². The molecular formula is C23H17N3O2S. The fourth-order valence-corrected chi connectivity index (χ4v) is 3.77. The molecule has 0 bridgehead atoms. The summed E-state index contributed by atoms with van der Waals surface area (Å²) in [6.07, 6.45) is 11.7. The second-order valence-corrected chi connectivity index (χ2v) is 7.51. The number of pyridine rings is 1. The van der Waals surface area contributed by atoms with Gasteiger partial charge in [-0.1, -0.05) is 12.0 Å². The van der Waals surface area contributed by atoms with Crippen molar-refractivity contribution in [3.63, 3.8) is 0 Å². The Hall–Kier alpha value is -3.69. The molecule has 0 spiro atoms. The van der Waals surface area contributed by atoms with Crippen LogP contribution in [0.1, 0.15) is 26.7 Å². The average Bonchev–Trinajstić information content (AvgIpc) is 3.42. The SMILES string of the molecule is C#Cc1ccc(C(=O)CCc2cn(-c3ccc(-n4ccccc4=O)cc3)cn2)s1. The lowest BCUT2D eigenvalue weighted by Crippen LogP contribution is -2.15. The number of carbonyl (C=O) groups excluding carboxylic acids is 1. The van der Waals surface area contributed by atoms with Gasteiger partial charge in [-0.05, 0) is 48.9 Å². The van der Waals surface area contributed by atoms with Crippen LogP contribution in [-0.4, -0.2) is 19.9 Å². The number of rotatable bonds is 6. The Labute approximate surface area is 171 Å². The predicted molar refractivity (Wildman–Crippen MR) is 114 cm³/mol. The van der Waals surface area contributed by atoms with Crippen LogP contribution >= 0.6 is 11.3 Å². The van der Waals surface area contributed by atoms with Gasteiger partial charge in [-0.25, -0.2) is 4.98 Å². The lowest BCUT2D eigenvalue weighted by atomic mass is 10.1. The lowest BCUT2D eigenvalue weighted by Gasteiger charge is -2.07. The highest BCUT2D eigenvalue weighted by atomic mass is 32.1. The number of thiophene rings is 1. The molecule has 0 fully saturated rings. The molecule has 29 heavy (non-hydrogen) atoms. The summed E-state index contributed by atoms with van der Waals surface area (Å²) in [5.41, 5.74) is 2.50. The van der Waals surface area contributed by atoms with Gasteiger partial charge in [0, 0.05) is 36.3 Å². The van der Waals surface area contributed by atoms with E-state index in [1.807, 2.05) is 41.1 Å². The van der Waals surface area contributed by atoms with Gasteiger partial charge in [-0.15, -0.1) is 17.8 Å². The second-order valence-electron chi connectivity index (χ2n) is 6.43. The van der Waals surface area contributed by atoms with E-state index in [-0.39, 0.29) is 11.3 Å². The molecule has 1 aromatic carbocycles. The van der Waals surface area contributed by atoms with E-state index in [2.05, 4.69) is 10.9 Å². The summed E-state index contributed by atoms with van der Waals surface area (Å²) in [5, 5.41) is 0. The van der Waals surface area contributed by atoms with Crippen LogP contribution in [0.4, 0.5) is 0 Å². The van der Waals surface area contributed by atoms with Crippen LogP contribution in [0.3, 0.4) is 0 Å². The van der Waals surface area contributed by atoms with Gasteiger partial charge in [0.15, 0.2) is 5.78 Å². The van der Waals surface area contributed by atoms with Crippen molar-refractivity contribution >= 4 is 17.1 Å². The molecule has 6 heteroatoms. The minimum absolute atomic E-state index is 0.0729. The van der Waals surface area contributed by atoms with Gasteiger partial charge in [-0.3, -0.25) is 14.2 Å². The first kappa shape index (κ1) is 18.7. The number of nitrogens with zero attached hydrogens (tertiary/aromatic N) is 3. The number of hydrogen-bond donors (Lipinski definition) is 0. The second kappa shape index (κ2) is 8.13. The zero-order valence-electron chi connectivity index (χ0n) is 15.5. The first-order valence-corrected chi connectivity index (χ1v) is 9.87. The van der Waals surface area contributed by atoms with Crippen molar-refractivity contribution in [2.75, 3.05) is 0 Å². The standard InChI is InChI=1S/C23H17N3O2S/c1-2-20-11-13-22(29-20)21(27)12-6-17-15-25(16-24-17)18-7-9-19(10-8-18)26-14-4-3-5-23(26)28/h1,3-5,7-11,13-16H,6,12H2. The lowest BCUT2D eigenvalue weighted by molar-refractivity contribution is 0.0986. The summed E-state index contributed by atoms with van der Waals surface area (Å²) >= 11 is 1.34. The quantitative estimate of drug-likeness (QED) is 0.365. The van der Waals surface area contributed by atoms with Crippen LogP contribution in [0.15, 0.2) is 78.1 Å². The van der Waals surface area contributed by atoms with Gasteiger partial charge in [-0.2, -0.15) is 0 Å². The van der Waals surface area contributed by atoms with Gasteiger partial charge in [0.25, 0.3) is 5.56 Å². The van der Waals surface area contributed by atoms with Crippen LogP contribution in [-0.2, 0) is 6.42 Å². The van der Waals surface area contributed by atoms with Crippen molar-refractivity contribution in [3.05, 3.63) is 99.1 Å². The van der Waals surface area contributed by atoms with Gasteiger partial charge >= 0.3 is 0 Å². The van der Waals surface area contributed by atoms with Gasteiger partial charge in [0.05, 0.1) is 21.8 Å². The minimum Gasteiger partial charge on any atom is -0.306 e. The van der Waals surface area contributed by atoms with E-state index in [0.29, 0.717) is 17.7 Å². The highest BCUT2D eigenvalue weighted by Gasteiger charge is 2.10. The fraction of sp³-hybridized carbons (Fsp3) is 0.0870. The third-order valence-corrected chi connectivity index (χ3v) is 5.57.